The molecule has 5 nitrogen and oxygen atoms in total. The Morgan fingerprint density at radius 3 is 3.05 bits per heavy atom. The van der Waals surface area contributed by atoms with Crippen LogP contribution in [0.25, 0.3) is 10.9 Å². The first-order chi connectivity index (χ1) is 9.24. The smallest absolute Gasteiger partial charge is 0.305 e. The number of hydrogen-bond donors (Lipinski definition) is 1. The van der Waals surface area contributed by atoms with Crippen LogP contribution in [-0.2, 0) is 0 Å². The third-order valence-corrected chi connectivity index (χ3v) is 3.09. The molecule has 1 N–H and O–H groups in total. The van der Waals surface area contributed by atoms with Crippen molar-refractivity contribution in [1.82, 2.24) is 14.5 Å². The largest absolute Gasteiger partial charge is 0.331 e. The first kappa shape index (κ1) is 11.9. The van der Waals surface area contributed by atoms with Crippen molar-refractivity contribution in [2.24, 2.45) is 0 Å². The molecule has 6 heteroatoms. The first-order valence-electron chi connectivity index (χ1n) is 5.57. The minimum absolute atomic E-state index is 0.269. The summed E-state index contributed by atoms with van der Waals surface area (Å²) in [5.74, 6) is 0. The average molecular weight is 317 g/mol. The summed E-state index contributed by atoms with van der Waals surface area (Å²) in [5, 5.41) is 3.77. The van der Waals surface area contributed by atoms with E-state index in [0.717, 1.165) is 15.4 Å². The van der Waals surface area contributed by atoms with E-state index in [1.807, 2.05) is 24.3 Å². The fraction of sp³-hybridized carbons (Fsp3) is 0. The molecular weight excluding hydrogens is 308 g/mol. The molecule has 1 aromatic carbocycles. The van der Waals surface area contributed by atoms with Crippen LogP contribution in [0.4, 0.5) is 10.5 Å². The van der Waals surface area contributed by atoms with E-state index in [1.165, 1.54) is 10.9 Å². The van der Waals surface area contributed by atoms with Gasteiger partial charge < -0.3 is 5.32 Å². The fourth-order valence-electron chi connectivity index (χ4n) is 1.79. The second-order valence-electron chi connectivity index (χ2n) is 3.93. The predicted molar refractivity (Wildman–Crippen MR) is 76.1 cm³/mol. The van der Waals surface area contributed by atoms with Gasteiger partial charge in [0.2, 0.25) is 0 Å². The van der Waals surface area contributed by atoms with E-state index in [2.05, 4.69) is 31.2 Å². The standard InChI is InChI=1S/C13H9BrN4O/c14-10-6-9-2-1-3-11(12(9)16-7-10)17-13(19)18-5-4-15-8-18/h1-8H,(H,17,19). The van der Waals surface area contributed by atoms with Crippen LogP contribution in [0.3, 0.4) is 0 Å². The van der Waals surface area contributed by atoms with Gasteiger partial charge >= 0.3 is 6.03 Å². The zero-order chi connectivity index (χ0) is 13.2. The Labute approximate surface area is 117 Å². The minimum Gasteiger partial charge on any atom is -0.305 e. The lowest BCUT2D eigenvalue weighted by molar-refractivity contribution is 0.253. The average Bonchev–Trinajstić information content (AvgIpc) is 2.92. The van der Waals surface area contributed by atoms with Crippen molar-refractivity contribution in [1.29, 1.82) is 0 Å². The normalized spacial score (nSPS) is 10.6. The Hall–Kier alpha value is -2.21. The molecule has 19 heavy (non-hydrogen) atoms. The third kappa shape index (κ3) is 2.34. The molecule has 2 heterocycles. The van der Waals surface area contributed by atoms with Crippen molar-refractivity contribution in [2.75, 3.05) is 5.32 Å². The van der Waals surface area contributed by atoms with Crippen LogP contribution in [-0.4, -0.2) is 20.6 Å². The highest BCUT2D eigenvalue weighted by atomic mass is 79.9. The van der Waals surface area contributed by atoms with Crippen LogP contribution >= 0.6 is 15.9 Å². The topological polar surface area (TPSA) is 59.8 Å². The van der Waals surface area contributed by atoms with Crippen molar-refractivity contribution >= 4 is 38.6 Å². The number of halogens is 1. The van der Waals surface area contributed by atoms with Gasteiger partial charge in [0.25, 0.3) is 0 Å². The Morgan fingerprint density at radius 1 is 1.37 bits per heavy atom. The molecule has 3 rings (SSSR count). The van der Waals surface area contributed by atoms with Crippen LogP contribution < -0.4 is 5.32 Å². The molecule has 2 aromatic heterocycles. The third-order valence-electron chi connectivity index (χ3n) is 2.66. The van der Waals surface area contributed by atoms with Gasteiger partial charge in [-0.2, -0.15) is 0 Å². The maximum Gasteiger partial charge on any atom is 0.331 e. The van der Waals surface area contributed by atoms with Crippen molar-refractivity contribution in [3.05, 3.63) is 53.7 Å². The highest BCUT2D eigenvalue weighted by Crippen LogP contribution is 2.23. The second-order valence-corrected chi connectivity index (χ2v) is 4.85. The number of hydrogen-bond acceptors (Lipinski definition) is 3. The Balaban J connectivity index is 1.99. The van der Waals surface area contributed by atoms with Gasteiger partial charge in [-0.3, -0.25) is 9.55 Å². The molecule has 0 unspecified atom stereocenters. The van der Waals surface area contributed by atoms with E-state index in [-0.39, 0.29) is 6.03 Å². The maximum atomic E-state index is 12.0. The van der Waals surface area contributed by atoms with Crippen LogP contribution in [0.2, 0.25) is 0 Å². The molecule has 0 radical (unpaired) electrons. The number of benzene rings is 1. The van der Waals surface area contributed by atoms with E-state index in [4.69, 9.17) is 0 Å². The first-order valence-corrected chi connectivity index (χ1v) is 6.37. The number of aromatic nitrogens is 3. The van der Waals surface area contributed by atoms with E-state index in [1.54, 1.807) is 18.6 Å². The fourth-order valence-corrected chi connectivity index (χ4v) is 2.14. The molecule has 0 saturated carbocycles. The SMILES string of the molecule is O=C(Nc1cccc2cc(Br)cnc12)n1ccnc1. The van der Waals surface area contributed by atoms with Crippen LogP contribution in [0.1, 0.15) is 0 Å². The number of imidazole rings is 1. The van der Waals surface area contributed by atoms with Gasteiger partial charge in [0.05, 0.1) is 11.2 Å². The van der Waals surface area contributed by atoms with Gasteiger partial charge in [0.15, 0.2) is 0 Å². The number of pyridine rings is 1. The van der Waals surface area contributed by atoms with Crippen molar-refractivity contribution in [2.45, 2.75) is 0 Å². The zero-order valence-electron chi connectivity index (χ0n) is 9.75. The highest BCUT2D eigenvalue weighted by Gasteiger charge is 2.08. The summed E-state index contributed by atoms with van der Waals surface area (Å²) in [4.78, 5) is 20.1. The van der Waals surface area contributed by atoms with Gasteiger partial charge in [-0.05, 0) is 28.1 Å². The molecule has 0 bridgehead atoms. The molecule has 94 valence electrons. The van der Waals surface area contributed by atoms with Crippen LogP contribution in [0.5, 0.6) is 0 Å². The predicted octanol–water partition coefficient (Wildman–Crippen LogP) is 3.27. The number of carbonyl (C=O) groups is 1. The van der Waals surface area contributed by atoms with Gasteiger partial charge in [-0.15, -0.1) is 0 Å². The molecule has 0 fully saturated rings. The molecule has 0 saturated heterocycles. The summed E-state index contributed by atoms with van der Waals surface area (Å²) in [5.41, 5.74) is 1.42. The number of rotatable bonds is 1. The van der Waals surface area contributed by atoms with Gasteiger partial charge in [0, 0.05) is 28.4 Å². The molecule has 0 aliphatic carbocycles. The molecule has 0 spiro atoms. The lowest BCUT2D eigenvalue weighted by atomic mass is 10.2. The summed E-state index contributed by atoms with van der Waals surface area (Å²) in [6, 6.07) is 7.32. The lowest BCUT2D eigenvalue weighted by Gasteiger charge is -2.08. The van der Waals surface area contributed by atoms with E-state index >= 15 is 0 Å². The Bertz CT molecular complexity index is 739. The van der Waals surface area contributed by atoms with E-state index in [9.17, 15) is 4.79 Å². The molecule has 0 atom stereocenters. The van der Waals surface area contributed by atoms with Crippen molar-refractivity contribution in [3.8, 4) is 0 Å². The quantitative estimate of drug-likeness (QED) is 0.749. The van der Waals surface area contributed by atoms with Gasteiger partial charge in [-0.25, -0.2) is 9.78 Å². The number of para-hydroxylation sites is 1. The molecule has 3 aromatic rings. The highest BCUT2D eigenvalue weighted by molar-refractivity contribution is 9.10. The Morgan fingerprint density at radius 2 is 2.26 bits per heavy atom. The molecule has 1 amide bonds. The lowest BCUT2D eigenvalue weighted by Crippen LogP contribution is -2.18. The maximum absolute atomic E-state index is 12.0. The van der Waals surface area contributed by atoms with E-state index in [0.29, 0.717) is 5.69 Å². The summed E-state index contributed by atoms with van der Waals surface area (Å²) in [7, 11) is 0. The van der Waals surface area contributed by atoms with Crippen LogP contribution in [0.15, 0.2) is 53.7 Å². The molecular formula is C13H9BrN4O. The second kappa shape index (κ2) is 4.81. The number of nitrogens with zero attached hydrogens (tertiary/aromatic N) is 3. The summed E-state index contributed by atoms with van der Waals surface area (Å²) >= 11 is 3.38. The summed E-state index contributed by atoms with van der Waals surface area (Å²) in [6.45, 7) is 0. The monoisotopic (exact) mass is 316 g/mol. The zero-order valence-corrected chi connectivity index (χ0v) is 11.3. The summed E-state index contributed by atoms with van der Waals surface area (Å²) in [6.07, 6.45) is 6.29. The summed E-state index contributed by atoms with van der Waals surface area (Å²) < 4.78 is 2.27. The van der Waals surface area contributed by atoms with Crippen molar-refractivity contribution in [3.63, 3.8) is 0 Å². The van der Waals surface area contributed by atoms with Gasteiger partial charge in [0.1, 0.15) is 6.33 Å². The Kier molecular flexibility index (Phi) is 3.00. The van der Waals surface area contributed by atoms with E-state index < -0.39 is 0 Å². The number of amides is 1. The minimum atomic E-state index is -0.269. The number of nitrogens with one attached hydrogen (secondary N) is 1. The number of carbonyl (C=O) groups excluding carboxylic acids is 1. The van der Waals surface area contributed by atoms with Crippen LogP contribution in [0, 0.1) is 0 Å². The van der Waals surface area contributed by atoms with Gasteiger partial charge in [-0.1, -0.05) is 12.1 Å². The number of fused-ring (bicyclic) bond motifs is 1. The molecule has 0 aliphatic heterocycles. The molecule has 0 aliphatic rings. The number of anilines is 1. The van der Waals surface area contributed by atoms with Crippen molar-refractivity contribution < 1.29 is 4.79 Å².